The molecule has 2 aromatic rings. The summed E-state index contributed by atoms with van der Waals surface area (Å²) < 4.78 is 0. The van der Waals surface area contributed by atoms with Gasteiger partial charge < -0.3 is 5.32 Å². The van der Waals surface area contributed by atoms with Gasteiger partial charge in [0.2, 0.25) is 0 Å². The quantitative estimate of drug-likeness (QED) is 0.913. The van der Waals surface area contributed by atoms with E-state index in [4.69, 9.17) is 11.6 Å². The van der Waals surface area contributed by atoms with Gasteiger partial charge in [0.1, 0.15) is 0 Å². The summed E-state index contributed by atoms with van der Waals surface area (Å²) in [5, 5.41) is 5.37. The number of nitrogens with one attached hydrogen (secondary N) is 1. The first-order valence-corrected chi connectivity index (χ1v) is 7.09. The van der Waals surface area contributed by atoms with Crippen LogP contribution in [0.4, 0.5) is 0 Å². The number of fused-ring (bicyclic) bond motifs is 1. The largest absolute Gasteiger partial charge is 0.312 e. The van der Waals surface area contributed by atoms with Crippen molar-refractivity contribution in [2.24, 2.45) is 0 Å². The summed E-state index contributed by atoms with van der Waals surface area (Å²) in [6.45, 7) is 6.33. The lowest BCUT2D eigenvalue weighted by molar-refractivity contribution is 0.200. The Kier molecular flexibility index (Phi) is 3.69. The van der Waals surface area contributed by atoms with E-state index in [-0.39, 0.29) is 0 Å². The molecule has 3 rings (SSSR count). The summed E-state index contributed by atoms with van der Waals surface area (Å²) in [7, 11) is 0. The van der Waals surface area contributed by atoms with Crippen molar-refractivity contribution < 1.29 is 0 Å². The minimum atomic E-state index is 0.548. The van der Waals surface area contributed by atoms with Crippen LogP contribution in [0.3, 0.4) is 0 Å². The number of nitrogens with zero attached hydrogens (tertiary/aromatic N) is 2. The third-order valence-corrected chi connectivity index (χ3v) is 3.81. The highest BCUT2D eigenvalue weighted by Crippen LogP contribution is 2.23. The standard InChI is InChI=1S/C15H18ClN3/c1-11-9-19(6-5-17-11)10-13-8-14(16)7-12-3-2-4-18-15(12)13/h2-4,7-8,11,17H,5-6,9-10H2,1H3. The van der Waals surface area contributed by atoms with Crippen molar-refractivity contribution in [2.45, 2.75) is 19.5 Å². The minimum absolute atomic E-state index is 0.548. The van der Waals surface area contributed by atoms with Crippen LogP contribution >= 0.6 is 11.6 Å². The SMILES string of the molecule is CC1CN(Cc2cc(Cl)cc3cccnc23)CCN1. The molecule has 100 valence electrons. The topological polar surface area (TPSA) is 28.2 Å². The molecule has 0 radical (unpaired) electrons. The van der Waals surface area contributed by atoms with Gasteiger partial charge in [-0.25, -0.2) is 0 Å². The van der Waals surface area contributed by atoms with Crippen molar-refractivity contribution in [3.63, 3.8) is 0 Å². The molecule has 1 atom stereocenters. The van der Waals surface area contributed by atoms with Crippen LogP contribution in [-0.4, -0.2) is 35.6 Å². The Bertz CT molecular complexity index is 585. The number of rotatable bonds is 2. The van der Waals surface area contributed by atoms with Crippen LogP contribution in [0, 0.1) is 0 Å². The first kappa shape index (κ1) is 12.9. The van der Waals surface area contributed by atoms with Gasteiger partial charge in [-0.1, -0.05) is 17.7 Å². The van der Waals surface area contributed by atoms with E-state index in [9.17, 15) is 0 Å². The summed E-state index contributed by atoms with van der Waals surface area (Å²) in [5.41, 5.74) is 2.29. The summed E-state index contributed by atoms with van der Waals surface area (Å²) in [6.07, 6.45) is 1.85. The number of aromatic nitrogens is 1. The van der Waals surface area contributed by atoms with Gasteiger partial charge in [0.25, 0.3) is 0 Å². The number of benzene rings is 1. The third-order valence-electron chi connectivity index (χ3n) is 3.60. The molecular formula is C15H18ClN3. The molecule has 1 unspecified atom stereocenters. The summed E-state index contributed by atoms with van der Waals surface area (Å²) in [6, 6.07) is 8.59. The lowest BCUT2D eigenvalue weighted by Gasteiger charge is -2.32. The maximum Gasteiger partial charge on any atom is 0.0747 e. The van der Waals surface area contributed by atoms with E-state index in [0.717, 1.165) is 42.1 Å². The second kappa shape index (κ2) is 5.45. The van der Waals surface area contributed by atoms with Crippen LogP contribution in [-0.2, 0) is 6.54 Å². The van der Waals surface area contributed by atoms with Crippen LogP contribution in [0.25, 0.3) is 10.9 Å². The van der Waals surface area contributed by atoms with E-state index in [1.807, 2.05) is 24.4 Å². The average Bonchev–Trinajstić information content (AvgIpc) is 2.38. The van der Waals surface area contributed by atoms with Crippen LogP contribution in [0.1, 0.15) is 12.5 Å². The monoisotopic (exact) mass is 275 g/mol. The highest BCUT2D eigenvalue weighted by atomic mass is 35.5. The third kappa shape index (κ3) is 2.89. The summed E-state index contributed by atoms with van der Waals surface area (Å²) in [5.74, 6) is 0. The first-order valence-electron chi connectivity index (χ1n) is 6.71. The summed E-state index contributed by atoms with van der Waals surface area (Å²) >= 11 is 6.21. The van der Waals surface area contributed by atoms with Crippen LogP contribution in [0.5, 0.6) is 0 Å². The number of piperazine rings is 1. The predicted molar refractivity (Wildman–Crippen MR) is 79.5 cm³/mol. The van der Waals surface area contributed by atoms with Gasteiger partial charge in [-0.3, -0.25) is 9.88 Å². The smallest absolute Gasteiger partial charge is 0.0747 e. The predicted octanol–water partition coefficient (Wildman–Crippen LogP) is 2.68. The highest BCUT2D eigenvalue weighted by Gasteiger charge is 2.17. The molecule has 0 aliphatic carbocycles. The zero-order valence-corrected chi connectivity index (χ0v) is 11.8. The molecule has 3 nitrogen and oxygen atoms in total. The molecule has 0 amide bonds. The zero-order valence-electron chi connectivity index (χ0n) is 11.1. The number of pyridine rings is 1. The van der Waals surface area contributed by atoms with Crippen LogP contribution < -0.4 is 5.32 Å². The second-order valence-corrected chi connectivity index (χ2v) is 5.67. The van der Waals surface area contributed by atoms with E-state index < -0.39 is 0 Å². The second-order valence-electron chi connectivity index (χ2n) is 5.23. The van der Waals surface area contributed by atoms with E-state index in [2.05, 4.69) is 28.2 Å². The Morgan fingerprint density at radius 2 is 2.37 bits per heavy atom. The molecule has 1 aromatic heterocycles. The van der Waals surface area contributed by atoms with Gasteiger partial charge in [-0.05, 0) is 30.7 Å². The molecule has 2 heterocycles. The van der Waals surface area contributed by atoms with E-state index >= 15 is 0 Å². The van der Waals surface area contributed by atoms with E-state index in [1.54, 1.807) is 0 Å². The van der Waals surface area contributed by atoms with Crippen LogP contribution in [0.2, 0.25) is 5.02 Å². The summed E-state index contributed by atoms with van der Waals surface area (Å²) in [4.78, 5) is 6.97. The molecule has 0 spiro atoms. The molecular weight excluding hydrogens is 258 g/mol. The number of hydrogen-bond donors (Lipinski definition) is 1. The molecule has 0 bridgehead atoms. The lowest BCUT2D eigenvalue weighted by Crippen LogP contribution is -2.48. The van der Waals surface area contributed by atoms with Crippen molar-refractivity contribution in [1.82, 2.24) is 15.2 Å². The van der Waals surface area contributed by atoms with Gasteiger partial charge in [-0.2, -0.15) is 0 Å². The Morgan fingerprint density at radius 3 is 3.21 bits per heavy atom. The molecule has 1 aliphatic rings. The highest BCUT2D eigenvalue weighted by molar-refractivity contribution is 6.31. The fraction of sp³-hybridized carbons (Fsp3) is 0.400. The zero-order chi connectivity index (χ0) is 13.2. The Labute approximate surface area is 118 Å². The van der Waals surface area contributed by atoms with E-state index in [0.29, 0.717) is 6.04 Å². The van der Waals surface area contributed by atoms with Gasteiger partial charge in [0.15, 0.2) is 0 Å². The number of hydrogen-bond acceptors (Lipinski definition) is 3. The average molecular weight is 276 g/mol. The van der Waals surface area contributed by atoms with Gasteiger partial charge >= 0.3 is 0 Å². The Balaban J connectivity index is 1.91. The maximum absolute atomic E-state index is 6.21. The normalized spacial score (nSPS) is 20.8. The Hall–Kier alpha value is -1.16. The van der Waals surface area contributed by atoms with Crippen molar-refractivity contribution >= 4 is 22.5 Å². The first-order chi connectivity index (χ1) is 9.22. The molecule has 1 fully saturated rings. The molecule has 1 N–H and O–H groups in total. The molecule has 1 aromatic carbocycles. The van der Waals surface area contributed by atoms with E-state index in [1.165, 1.54) is 5.56 Å². The van der Waals surface area contributed by atoms with Crippen molar-refractivity contribution in [3.05, 3.63) is 41.0 Å². The fourth-order valence-electron chi connectivity index (χ4n) is 2.74. The number of halogens is 1. The molecule has 0 saturated carbocycles. The minimum Gasteiger partial charge on any atom is -0.312 e. The molecule has 1 saturated heterocycles. The van der Waals surface area contributed by atoms with Crippen LogP contribution in [0.15, 0.2) is 30.5 Å². The Morgan fingerprint density at radius 1 is 1.47 bits per heavy atom. The molecule has 4 heteroatoms. The maximum atomic E-state index is 6.21. The molecule has 19 heavy (non-hydrogen) atoms. The molecule has 1 aliphatic heterocycles. The lowest BCUT2D eigenvalue weighted by atomic mass is 10.1. The van der Waals surface area contributed by atoms with Crippen molar-refractivity contribution in [3.8, 4) is 0 Å². The van der Waals surface area contributed by atoms with Crippen molar-refractivity contribution in [2.75, 3.05) is 19.6 Å². The van der Waals surface area contributed by atoms with Gasteiger partial charge in [-0.15, -0.1) is 0 Å². The van der Waals surface area contributed by atoms with Crippen molar-refractivity contribution in [1.29, 1.82) is 0 Å². The van der Waals surface area contributed by atoms with Gasteiger partial charge in [0, 0.05) is 48.8 Å². The fourth-order valence-corrected chi connectivity index (χ4v) is 2.99. The van der Waals surface area contributed by atoms with Gasteiger partial charge in [0.05, 0.1) is 5.52 Å².